The maximum absolute atomic E-state index is 6.17. The summed E-state index contributed by atoms with van der Waals surface area (Å²) in [6.07, 6.45) is 3.48. The van der Waals surface area contributed by atoms with Crippen LogP contribution in [0.3, 0.4) is 0 Å². The Labute approximate surface area is 156 Å². The molecule has 1 aliphatic heterocycles. The first-order chi connectivity index (χ1) is 11.5. The number of nitrogens with zero attached hydrogens (tertiary/aromatic N) is 2. The molecule has 2 rings (SSSR count). The molecule has 0 radical (unpaired) electrons. The highest BCUT2D eigenvalue weighted by Gasteiger charge is 2.25. The Morgan fingerprint density at radius 2 is 2.12 bits per heavy atom. The molecule has 24 heavy (non-hydrogen) atoms. The van der Waals surface area contributed by atoms with Gasteiger partial charge in [0.1, 0.15) is 5.75 Å². The SMILES string of the molecule is CC[C@H](C)N(C)C1CCN(C(=S)Nc2ccc(OC)c(Cl)c2)CC1. The average Bonchev–Trinajstić information content (AvgIpc) is 2.60. The van der Waals surface area contributed by atoms with E-state index < -0.39 is 0 Å². The fourth-order valence-electron chi connectivity index (χ4n) is 3.07. The van der Waals surface area contributed by atoms with Crippen molar-refractivity contribution >= 4 is 34.6 Å². The summed E-state index contributed by atoms with van der Waals surface area (Å²) < 4.78 is 5.18. The molecule has 1 aromatic rings. The van der Waals surface area contributed by atoms with Crippen molar-refractivity contribution in [3.8, 4) is 5.75 Å². The van der Waals surface area contributed by atoms with Crippen LogP contribution in [0.1, 0.15) is 33.1 Å². The standard InChI is InChI=1S/C18H28ClN3OS/c1-5-13(2)21(3)15-8-10-22(11-9-15)18(24)20-14-6-7-17(23-4)16(19)12-14/h6-7,12-13,15H,5,8-11H2,1-4H3,(H,20,24)/t13-/m0/s1. The van der Waals surface area contributed by atoms with Crippen LogP contribution in [-0.4, -0.2) is 54.2 Å². The number of ether oxygens (including phenoxy) is 1. The van der Waals surface area contributed by atoms with E-state index in [0.717, 1.165) is 36.7 Å². The van der Waals surface area contributed by atoms with Crippen molar-refractivity contribution in [2.45, 2.75) is 45.2 Å². The molecule has 4 nitrogen and oxygen atoms in total. The van der Waals surface area contributed by atoms with Crippen molar-refractivity contribution in [3.05, 3.63) is 23.2 Å². The van der Waals surface area contributed by atoms with Crippen LogP contribution in [0.2, 0.25) is 5.02 Å². The molecular weight excluding hydrogens is 342 g/mol. The second-order valence-corrected chi connectivity index (χ2v) is 7.21. The Hall–Kier alpha value is -1.04. The van der Waals surface area contributed by atoms with Crippen LogP contribution in [0.4, 0.5) is 5.69 Å². The maximum atomic E-state index is 6.17. The lowest BCUT2D eigenvalue weighted by molar-refractivity contribution is 0.126. The van der Waals surface area contributed by atoms with Crippen molar-refractivity contribution in [3.63, 3.8) is 0 Å². The Morgan fingerprint density at radius 1 is 1.46 bits per heavy atom. The fraction of sp³-hybridized carbons (Fsp3) is 0.611. The number of piperidine rings is 1. The fourth-order valence-corrected chi connectivity index (χ4v) is 3.63. The van der Waals surface area contributed by atoms with E-state index in [-0.39, 0.29) is 0 Å². The second kappa shape index (κ2) is 8.88. The topological polar surface area (TPSA) is 27.7 Å². The zero-order chi connectivity index (χ0) is 17.7. The molecule has 0 aliphatic carbocycles. The summed E-state index contributed by atoms with van der Waals surface area (Å²) in [6.45, 7) is 6.52. The van der Waals surface area contributed by atoms with Gasteiger partial charge in [0.05, 0.1) is 12.1 Å². The summed E-state index contributed by atoms with van der Waals surface area (Å²) in [5, 5.41) is 4.63. The number of nitrogens with one attached hydrogen (secondary N) is 1. The lowest BCUT2D eigenvalue weighted by Crippen LogP contribution is -2.48. The summed E-state index contributed by atoms with van der Waals surface area (Å²) in [4.78, 5) is 4.76. The first-order valence-electron chi connectivity index (χ1n) is 8.57. The van der Waals surface area contributed by atoms with Crippen LogP contribution in [0, 0.1) is 0 Å². The van der Waals surface area contributed by atoms with E-state index >= 15 is 0 Å². The minimum atomic E-state index is 0.583. The van der Waals surface area contributed by atoms with E-state index in [1.54, 1.807) is 7.11 Å². The summed E-state index contributed by atoms with van der Waals surface area (Å²) >= 11 is 11.7. The molecule has 1 saturated heterocycles. The van der Waals surface area contributed by atoms with Gasteiger partial charge in [-0.3, -0.25) is 0 Å². The molecule has 1 aliphatic rings. The van der Waals surface area contributed by atoms with E-state index in [1.165, 1.54) is 6.42 Å². The summed E-state index contributed by atoms with van der Waals surface area (Å²) in [7, 11) is 3.85. The molecule has 6 heteroatoms. The number of hydrogen-bond donors (Lipinski definition) is 1. The van der Waals surface area contributed by atoms with Crippen molar-refractivity contribution < 1.29 is 4.74 Å². The maximum Gasteiger partial charge on any atom is 0.173 e. The smallest absolute Gasteiger partial charge is 0.173 e. The lowest BCUT2D eigenvalue weighted by Gasteiger charge is -2.40. The van der Waals surface area contributed by atoms with Gasteiger partial charge in [0, 0.05) is 30.9 Å². The van der Waals surface area contributed by atoms with Crippen molar-refractivity contribution in [2.75, 3.05) is 32.6 Å². The highest BCUT2D eigenvalue weighted by Crippen LogP contribution is 2.27. The van der Waals surface area contributed by atoms with E-state index in [4.69, 9.17) is 28.6 Å². The molecule has 1 aromatic carbocycles. The number of rotatable bonds is 5. The zero-order valence-electron chi connectivity index (χ0n) is 15.0. The van der Waals surface area contributed by atoms with E-state index in [1.807, 2.05) is 18.2 Å². The second-order valence-electron chi connectivity index (χ2n) is 6.42. The Bertz CT molecular complexity index is 561. The molecule has 0 spiro atoms. The predicted octanol–water partition coefficient (Wildman–Crippen LogP) is 4.24. The van der Waals surface area contributed by atoms with Crippen LogP contribution in [0.25, 0.3) is 0 Å². The molecule has 0 unspecified atom stereocenters. The summed E-state index contributed by atoms with van der Waals surface area (Å²) in [6, 6.07) is 6.90. The number of anilines is 1. The first kappa shape index (κ1) is 19.3. The third kappa shape index (κ3) is 4.74. The van der Waals surface area contributed by atoms with Crippen LogP contribution in [0.5, 0.6) is 5.75 Å². The van der Waals surface area contributed by atoms with Crippen LogP contribution in [-0.2, 0) is 0 Å². The number of hydrogen-bond acceptors (Lipinski definition) is 3. The van der Waals surface area contributed by atoms with Crippen LogP contribution >= 0.6 is 23.8 Å². The van der Waals surface area contributed by atoms with Gasteiger partial charge in [-0.15, -0.1) is 0 Å². The zero-order valence-corrected chi connectivity index (χ0v) is 16.6. The van der Waals surface area contributed by atoms with Crippen LogP contribution < -0.4 is 10.1 Å². The van der Waals surface area contributed by atoms with Gasteiger partial charge in [0.25, 0.3) is 0 Å². The van der Waals surface area contributed by atoms with Gasteiger partial charge in [-0.05, 0) is 63.7 Å². The monoisotopic (exact) mass is 369 g/mol. The third-order valence-corrected chi connectivity index (χ3v) is 5.67. The number of thiocarbonyl (C=S) groups is 1. The molecule has 1 atom stereocenters. The van der Waals surface area contributed by atoms with Gasteiger partial charge in [0.2, 0.25) is 0 Å². The lowest BCUT2D eigenvalue weighted by atomic mass is 10.0. The quantitative estimate of drug-likeness (QED) is 0.783. The molecule has 0 amide bonds. The van der Waals surface area contributed by atoms with Gasteiger partial charge in [-0.2, -0.15) is 0 Å². The van der Waals surface area contributed by atoms with Crippen LogP contribution in [0.15, 0.2) is 18.2 Å². The van der Waals surface area contributed by atoms with E-state index in [0.29, 0.717) is 22.9 Å². The highest BCUT2D eigenvalue weighted by molar-refractivity contribution is 7.80. The predicted molar refractivity (Wildman–Crippen MR) is 106 cm³/mol. The molecule has 0 bridgehead atoms. The molecule has 1 N–H and O–H groups in total. The van der Waals surface area contributed by atoms with Gasteiger partial charge in [0.15, 0.2) is 5.11 Å². The normalized spacial score (nSPS) is 17.0. The molecule has 1 fully saturated rings. The average molecular weight is 370 g/mol. The third-order valence-electron chi connectivity index (χ3n) is 5.02. The summed E-state index contributed by atoms with van der Waals surface area (Å²) in [5.41, 5.74) is 0.893. The van der Waals surface area contributed by atoms with E-state index in [9.17, 15) is 0 Å². The number of benzene rings is 1. The Kier molecular flexibility index (Phi) is 7.14. The largest absolute Gasteiger partial charge is 0.495 e. The molecule has 0 aromatic heterocycles. The molecular formula is C18H28ClN3OS. The van der Waals surface area contributed by atoms with Crippen molar-refractivity contribution in [1.29, 1.82) is 0 Å². The van der Waals surface area contributed by atoms with Gasteiger partial charge in [-0.25, -0.2) is 0 Å². The molecule has 1 heterocycles. The Morgan fingerprint density at radius 3 is 2.67 bits per heavy atom. The van der Waals surface area contributed by atoms with Gasteiger partial charge in [-0.1, -0.05) is 18.5 Å². The Balaban J connectivity index is 1.88. The number of likely N-dealkylation sites (tertiary alicyclic amines) is 1. The van der Waals surface area contributed by atoms with Gasteiger partial charge < -0.3 is 19.9 Å². The van der Waals surface area contributed by atoms with Crippen molar-refractivity contribution in [1.82, 2.24) is 9.80 Å². The molecule has 134 valence electrons. The summed E-state index contributed by atoms with van der Waals surface area (Å²) in [5.74, 6) is 0.669. The number of methoxy groups -OCH3 is 1. The number of halogens is 1. The van der Waals surface area contributed by atoms with E-state index in [2.05, 4.69) is 36.0 Å². The minimum Gasteiger partial charge on any atom is -0.495 e. The highest BCUT2D eigenvalue weighted by atomic mass is 35.5. The first-order valence-corrected chi connectivity index (χ1v) is 9.36. The van der Waals surface area contributed by atoms with Crippen molar-refractivity contribution in [2.24, 2.45) is 0 Å². The minimum absolute atomic E-state index is 0.583. The van der Waals surface area contributed by atoms with Gasteiger partial charge >= 0.3 is 0 Å². The molecule has 0 saturated carbocycles.